The van der Waals surface area contributed by atoms with Gasteiger partial charge >= 0.3 is 0 Å². The molecular formula is C14H22N2O2. The van der Waals surface area contributed by atoms with Crippen LogP contribution >= 0.6 is 0 Å². The predicted octanol–water partition coefficient (Wildman–Crippen LogP) is 2.23. The number of aryl methyl sites for hydroxylation is 1. The molecule has 0 spiro atoms. The van der Waals surface area contributed by atoms with Crippen LogP contribution < -0.4 is 16.0 Å². The lowest BCUT2D eigenvalue weighted by Gasteiger charge is -2.10. The van der Waals surface area contributed by atoms with Gasteiger partial charge < -0.3 is 4.74 Å². The van der Waals surface area contributed by atoms with Crippen LogP contribution in [0.15, 0.2) is 18.2 Å². The molecule has 18 heavy (non-hydrogen) atoms. The van der Waals surface area contributed by atoms with Crippen molar-refractivity contribution in [1.29, 1.82) is 0 Å². The van der Waals surface area contributed by atoms with E-state index in [-0.39, 0.29) is 5.91 Å². The normalized spacial score (nSPS) is 10.2. The molecule has 1 aromatic carbocycles. The summed E-state index contributed by atoms with van der Waals surface area (Å²) < 4.78 is 5.73. The first kappa shape index (κ1) is 14.5. The highest BCUT2D eigenvalue weighted by Crippen LogP contribution is 2.20. The molecule has 0 aliphatic heterocycles. The van der Waals surface area contributed by atoms with Gasteiger partial charge in [0.05, 0.1) is 6.61 Å². The summed E-state index contributed by atoms with van der Waals surface area (Å²) in [6.07, 6.45) is 3.25. The Kier molecular flexibility index (Phi) is 6.22. The van der Waals surface area contributed by atoms with Crippen molar-refractivity contribution in [3.05, 3.63) is 29.3 Å². The van der Waals surface area contributed by atoms with Crippen molar-refractivity contribution in [1.82, 2.24) is 5.43 Å². The Labute approximate surface area is 108 Å². The van der Waals surface area contributed by atoms with Crippen molar-refractivity contribution in [2.75, 3.05) is 6.61 Å². The van der Waals surface area contributed by atoms with Crippen molar-refractivity contribution in [2.24, 2.45) is 5.84 Å². The minimum absolute atomic E-state index is 0.106. The molecule has 0 bridgehead atoms. The molecule has 0 atom stereocenters. The molecule has 1 aromatic rings. The summed E-state index contributed by atoms with van der Waals surface area (Å²) in [5, 5.41) is 0. The molecule has 100 valence electrons. The Morgan fingerprint density at radius 1 is 1.28 bits per heavy atom. The van der Waals surface area contributed by atoms with Gasteiger partial charge in [-0.15, -0.1) is 0 Å². The van der Waals surface area contributed by atoms with E-state index >= 15 is 0 Å². The fourth-order valence-electron chi connectivity index (χ4n) is 1.70. The Hall–Kier alpha value is -1.55. The first-order chi connectivity index (χ1) is 8.65. The summed E-state index contributed by atoms with van der Waals surface area (Å²) in [7, 11) is 0. The fourth-order valence-corrected chi connectivity index (χ4v) is 1.70. The van der Waals surface area contributed by atoms with Gasteiger partial charge in [-0.25, -0.2) is 5.84 Å². The maximum Gasteiger partial charge on any atom is 0.233 e. The third-order valence-corrected chi connectivity index (χ3v) is 3.02. The molecule has 1 rings (SSSR count). The molecule has 0 aromatic heterocycles. The lowest BCUT2D eigenvalue weighted by molar-refractivity contribution is -0.121. The topological polar surface area (TPSA) is 64.3 Å². The molecule has 0 unspecified atom stereocenters. The second-order valence-electron chi connectivity index (χ2n) is 4.42. The van der Waals surface area contributed by atoms with Crippen LogP contribution in [0, 0.1) is 13.8 Å². The highest BCUT2D eigenvalue weighted by atomic mass is 16.5. The lowest BCUT2D eigenvalue weighted by Crippen LogP contribution is -2.29. The highest BCUT2D eigenvalue weighted by Gasteiger charge is 2.01. The molecule has 4 heteroatoms. The molecule has 0 saturated carbocycles. The largest absolute Gasteiger partial charge is 0.493 e. The maximum atomic E-state index is 10.9. The van der Waals surface area contributed by atoms with Crippen LogP contribution in [-0.2, 0) is 4.79 Å². The second kappa shape index (κ2) is 7.71. The number of benzene rings is 1. The fraction of sp³-hybridized carbons (Fsp3) is 0.500. The number of carbonyl (C=O) groups is 1. The van der Waals surface area contributed by atoms with E-state index in [0.717, 1.165) is 25.0 Å². The van der Waals surface area contributed by atoms with E-state index in [0.29, 0.717) is 13.0 Å². The monoisotopic (exact) mass is 250 g/mol. The third-order valence-electron chi connectivity index (χ3n) is 3.02. The summed E-state index contributed by atoms with van der Waals surface area (Å²) in [6, 6.07) is 6.07. The molecule has 4 nitrogen and oxygen atoms in total. The van der Waals surface area contributed by atoms with Gasteiger partial charge in [-0.3, -0.25) is 10.2 Å². The van der Waals surface area contributed by atoms with Gasteiger partial charge in [0.25, 0.3) is 0 Å². The van der Waals surface area contributed by atoms with Crippen molar-refractivity contribution < 1.29 is 9.53 Å². The second-order valence-corrected chi connectivity index (χ2v) is 4.42. The Balaban J connectivity index is 2.18. The van der Waals surface area contributed by atoms with Gasteiger partial charge in [0.15, 0.2) is 0 Å². The molecule has 1 amide bonds. The van der Waals surface area contributed by atoms with E-state index in [1.807, 2.05) is 12.1 Å². The van der Waals surface area contributed by atoms with Crippen LogP contribution in [0.5, 0.6) is 5.75 Å². The molecule has 0 aliphatic rings. The van der Waals surface area contributed by atoms with Gasteiger partial charge in [-0.05, 0) is 50.3 Å². The Morgan fingerprint density at radius 3 is 2.78 bits per heavy atom. The summed E-state index contributed by atoms with van der Waals surface area (Å²) in [6.45, 7) is 4.83. The molecule has 0 aliphatic carbocycles. The van der Waals surface area contributed by atoms with Crippen molar-refractivity contribution in [2.45, 2.75) is 39.5 Å². The standard InChI is InChI=1S/C14H22N2O2/c1-11-7-6-8-13(12(11)2)18-10-5-3-4-9-14(17)16-15/h6-8H,3-5,9-10,15H2,1-2H3,(H,16,17). The van der Waals surface area contributed by atoms with Crippen LogP contribution in [-0.4, -0.2) is 12.5 Å². The molecule has 0 heterocycles. The van der Waals surface area contributed by atoms with Crippen LogP contribution in [0.25, 0.3) is 0 Å². The zero-order chi connectivity index (χ0) is 13.4. The molecule has 0 radical (unpaired) electrons. The van der Waals surface area contributed by atoms with Gasteiger partial charge in [0.2, 0.25) is 5.91 Å². The van der Waals surface area contributed by atoms with E-state index in [1.54, 1.807) is 0 Å². The average Bonchev–Trinajstić information content (AvgIpc) is 2.38. The zero-order valence-electron chi connectivity index (χ0n) is 11.2. The number of rotatable bonds is 7. The number of ether oxygens (including phenoxy) is 1. The minimum Gasteiger partial charge on any atom is -0.493 e. The predicted molar refractivity (Wildman–Crippen MR) is 72.2 cm³/mol. The quantitative estimate of drug-likeness (QED) is 0.337. The van der Waals surface area contributed by atoms with Crippen LogP contribution in [0.3, 0.4) is 0 Å². The number of hydrazine groups is 1. The van der Waals surface area contributed by atoms with E-state index in [1.165, 1.54) is 11.1 Å². The number of unbranched alkanes of at least 4 members (excludes halogenated alkanes) is 2. The number of nitrogens with two attached hydrogens (primary N) is 1. The van der Waals surface area contributed by atoms with Gasteiger partial charge in [-0.2, -0.15) is 0 Å². The van der Waals surface area contributed by atoms with Crippen molar-refractivity contribution in [3.63, 3.8) is 0 Å². The van der Waals surface area contributed by atoms with Gasteiger partial charge in [0.1, 0.15) is 5.75 Å². The highest BCUT2D eigenvalue weighted by molar-refractivity contribution is 5.75. The number of amides is 1. The molecule has 0 saturated heterocycles. The SMILES string of the molecule is Cc1cccc(OCCCCCC(=O)NN)c1C. The number of carbonyl (C=O) groups excluding carboxylic acids is 1. The summed E-state index contributed by atoms with van der Waals surface area (Å²) >= 11 is 0. The zero-order valence-corrected chi connectivity index (χ0v) is 11.2. The van der Waals surface area contributed by atoms with Crippen molar-refractivity contribution in [3.8, 4) is 5.75 Å². The van der Waals surface area contributed by atoms with Gasteiger partial charge in [-0.1, -0.05) is 12.1 Å². The Bertz CT molecular complexity index is 391. The van der Waals surface area contributed by atoms with E-state index in [9.17, 15) is 4.79 Å². The van der Waals surface area contributed by atoms with Gasteiger partial charge in [0, 0.05) is 6.42 Å². The summed E-state index contributed by atoms with van der Waals surface area (Å²) in [4.78, 5) is 10.9. The summed E-state index contributed by atoms with van der Waals surface area (Å²) in [5.41, 5.74) is 4.56. The number of hydrogen-bond acceptors (Lipinski definition) is 3. The third kappa shape index (κ3) is 4.75. The summed E-state index contributed by atoms with van der Waals surface area (Å²) in [5.74, 6) is 5.84. The van der Waals surface area contributed by atoms with Crippen LogP contribution in [0.4, 0.5) is 0 Å². The number of nitrogens with one attached hydrogen (secondary N) is 1. The minimum atomic E-state index is -0.106. The average molecular weight is 250 g/mol. The first-order valence-corrected chi connectivity index (χ1v) is 6.33. The van der Waals surface area contributed by atoms with E-state index < -0.39 is 0 Å². The first-order valence-electron chi connectivity index (χ1n) is 6.33. The van der Waals surface area contributed by atoms with Crippen LogP contribution in [0.1, 0.15) is 36.8 Å². The number of hydrogen-bond donors (Lipinski definition) is 2. The van der Waals surface area contributed by atoms with Crippen LogP contribution in [0.2, 0.25) is 0 Å². The Morgan fingerprint density at radius 2 is 2.06 bits per heavy atom. The maximum absolute atomic E-state index is 10.9. The van der Waals surface area contributed by atoms with E-state index in [2.05, 4.69) is 25.3 Å². The smallest absolute Gasteiger partial charge is 0.233 e. The molecule has 3 N–H and O–H groups in total. The molecule has 0 fully saturated rings. The lowest BCUT2D eigenvalue weighted by atomic mass is 10.1. The molecular weight excluding hydrogens is 228 g/mol. The van der Waals surface area contributed by atoms with Crippen molar-refractivity contribution >= 4 is 5.91 Å². The van der Waals surface area contributed by atoms with E-state index in [4.69, 9.17) is 10.6 Å².